The maximum Gasteiger partial charge on any atom is 0.266 e. The lowest BCUT2D eigenvalue weighted by Gasteiger charge is -2.29. The van der Waals surface area contributed by atoms with Crippen molar-refractivity contribution in [2.24, 2.45) is 0 Å². The second kappa shape index (κ2) is 4.44. The number of aromatic amines is 1. The smallest absolute Gasteiger partial charge is 0.266 e. The van der Waals surface area contributed by atoms with Gasteiger partial charge in [-0.15, -0.1) is 0 Å². The first-order chi connectivity index (χ1) is 6.92. The molecule has 1 rings (SSSR count). The van der Waals surface area contributed by atoms with Crippen molar-refractivity contribution in [2.75, 3.05) is 18.0 Å². The summed E-state index contributed by atoms with van der Waals surface area (Å²) < 4.78 is 0. The number of aromatic nitrogens is 2. The van der Waals surface area contributed by atoms with Gasteiger partial charge in [0, 0.05) is 19.2 Å². The summed E-state index contributed by atoms with van der Waals surface area (Å²) in [5, 5.41) is 15.7. The minimum atomic E-state index is -0.793. The third-order valence-corrected chi connectivity index (χ3v) is 1.98. The van der Waals surface area contributed by atoms with Crippen molar-refractivity contribution in [3.8, 4) is 0 Å². The van der Waals surface area contributed by atoms with Crippen LogP contribution in [0.4, 0.5) is 5.69 Å². The molecule has 0 saturated heterocycles. The van der Waals surface area contributed by atoms with Crippen molar-refractivity contribution < 1.29 is 5.11 Å². The van der Waals surface area contributed by atoms with Crippen molar-refractivity contribution in [2.45, 2.75) is 26.4 Å². The molecule has 0 unspecified atom stereocenters. The summed E-state index contributed by atoms with van der Waals surface area (Å²) >= 11 is 0. The van der Waals surface area contributed by atoms with Gasteiger partial charge in [0.15, 0.2) is 0 Å². The van der Waals surface area contributed by atoms with Crippen LogP contribution in [0, 0.1) is 0 Å². The zero-order chi connectivity index (χ0) is 11.5. The van der Waals surface area contributed by atoms with E-state index in [1.165, 1.54) is 6.07 Å². The van der Waals surface area contributed by atoms with Gasteiger partial charge < -0.3 is 10.0 Å². The second-order valence-electron chi connectivity index (χ2n) is 4.13. The molecule has 5 heteroatoms. The molecule has 0 fully saturated rings. The molecule has 2 N–H and O–H groups in total. The molecular formula is C10H17N3O2. The fourth-order valence-corrected chi connectivity index (χ4v) is 1.39. The lowest BCUT2D eigenvalue weighted by Crippen LogP contribution is -2.39. The molecule has 0 aliphatic heterocycles. The molecule has 0 aliphatic carbocycles. The van der Waals surface area contributed by atoms with Crippen LogP contribution in [0.2, 0.25) is 0 Å². The minimum absolute atomic E-state index is 0.235. The van der Waals surface area contributed by atoms with Gasteiger partial charge in [0.2, 0.25) is 0 Å². The van der Waals surface area contributed by atoms with E-state index in [1.54, 1.807) is 20.0 Å². The van der Waals surface area contributed by atoms with Crippen molar-refractivity contribution in [3.05, 3.63) is 22.6 Å². The Balaban J connectivity index is 2.88. The van der Waals surface area contributed by atoms with E-state index in [2.05, 4.69) is 10.2 Å². The van der Waals surface area contributed by atoms with Crippen LogP contribution >= 0.6 is 0 Å². The Kier molecular flexibility index (Phi) is 3.47. The molecule has 0 atom stereocenters. The number of likely N-dealkylation sites (N-methyl/N-ethyl adjacent to an activating group) is 1. The Morgan fingerprint density at radius 3 is 2.73 bits per heavy atom. The highest BCUT2D eigenvalue weighted by atomic mass is 16.3. The topological polar surface area (TPSA) is 69.2 Å². The third-order valence-electron chi connectivity index (χ3n) is 1.98. The van der Waals surface area contributed by atoms with E-state index < -0.39 is 5.60 Å². The first-order valence-corrected chi connectivity index (χ1v) is 4.94. The normalized spacial score (nSPS) is 11.5. The number of anilines is 1. The summed E-state index contributed by atoms with van der Waals surface area (Å²) in [5.74, 6) is 0. The largest absolute Gasteiger partial charge is 0.389 e. The zero-order valence-corrected chi connectivity index (χ0v) is 9.32. The summed E-state index contributed by atoms with van der Waals surface area (Å²) in [6.07, 6.45) is 1.58. The van der Waals surface area contributed by atoms with Gasteiger partial charge >= 0.3 is 0 Å². The predicted octanol–water partition coefficient (Wildman–Crippen LogP) is 0.367. The van der Waals surface area contributed by atoms with Crippen molar-refractivity contribution >= 4 is 5.69 Å². The van der Waals surface area contributed by atoms with Crippen LogP contribution in [0.3, 0.4) is 0 Å². The monoisotopic (exact) mass is 211 g/mol. The fraction of sp³-hybridized carbons (Fsp3) is 0.600. The van der Waals surface area contributed by atoms with Gasteiger partial charge in [0.25, 0.3) is 5.56 Å². The van der Waals surface area contributed by atoms with Crippen molar-refractivity contribution in [1.29, 1.82) is 0 Å². The summed E-state index contributed by atoms with van der Waals surface area (Å²) in [7, 11) is 0. The number of hydrogen-bond donors (Lipinski definition) is 2. The summed E-state index contributed by atoms with van der Waals surface area (Å²) in [5.41, 5.74) is -0.302. The average Bonchev–Trinajstić information content (AvgIpc) is 2.13. The molecule has 0 amide bonds. The summed E-state index contributed by atoms with van der Waals surface area (Å²) in [6.45, 7) is 6.61. The quantitative estimate of drug-likeness (QED) is 0.754. The molecule has 0 saturated carbocycles. The van der Waals surface area contributed by atoms with Gasteiger partial charge in [0.05, 0.1) is 17.5 Å². The summed E-state index contributed by atoms with van der Waals surface area (Å²) in [4.78, 5) is 13.0. The highest BCUT2D eigenvalue weighted by molar-refractivity contribution is 5.42. The van der Waals surface area contributed by atoms with Crippen LogP contribution in [-0.2, 0) is 0 Å². The Hall–Kier alpha value is -1.36. The fourth-order valence-electron chi connectivity index (χ4n) is 1.39. The third kappa shape index (κ3) is 3.71. The van der Waals surface area contributed by atoms with Gasteiger partial charge in [-0.25, -0.2) is 5.10 Å². The van der Waals surface area contributed by atoms with Crippen LogP contribution in [-0.4, -0.2) is 34.0 Å². The maximum atomic E-state index is 11.1. The summed E-state index contributed by atoms with van der Waals surface area (Å²) in [6, 6.07) is 1.47. The molecule has 15 heavy (non-hydrogen) atoms. The highest BCUT2D eigenvalue weighted by Gasteiger charge is 2.17. The second-order valence-corrected chi connectivity index (χ2v) is 4.13. The molecule has 0 aliphatic rings. The Morgan fingerprint density at radius 1 is 1.60 bits per heavy atom. The van der Waals surface area contributed by atoms with E-state index in [9.17, 15) is 9.90 Å². The standard InChI is InChI=1S/C10H17N3O2/c1-4-13(7-10(2,3)15)8-5-9(14)12-11-6-8/h5-6,15H,4,7H2,1-3H3,(H,12,14). The maximum absolute atomic E-state index is 11.1. The van der Waals surface area contributed by atoms with E-state index in [-0.39, 0.29) is 5.56 Å². The van der Waals surface area contributed by atoms with Crippen LogP contribution in [0.25, 0.3) is 0 Å². The Labute approximate surface area is 88.7 Å². The molecule has 1 aromatic rings. The molecule has 84 valence electrons. The van der Waals surface area contributed by atoms with Gasteiger partial charge in [-0.1, -0.05) is 0 Å². The van der Waals surface area contributed by atoms with E-state index in [1.807, 2.05) is 11.8 Å². The van der Waals surface area contributed by atoms with Gasteiger partial charge in [0.1, 0.15) is 0 Å². The first kappa shape index (κ1) is 11.7. The number of aliphatic hydroxyl groups is 1. The van der Waals surface area contributed by atoms with E-state index >= 15 is 0 Å². The van der Waals surface area contributed by atoms with Crippen molar-refractivity contribution in [3.63, 3.8) is 0 Å². The molecule has 1 heterocycles. The Morgan fingerprint density at radius 2 is 2.27 bits per heavy atom. The number of nitrogens with zero attached hydrogens (tertiary/aromatic N) is 2. The molecule has 0 aromatic carbocycles. The van der Waals surface area contributed by atoms with E-state index in [4.69, 9.17) is 0 Å². The lowest BCUT2D eigenvalue weighted by molar-refractivity contribution is 0.0875. The number of rotatable bonds is 4. The molecule has 0 bridgehead atoms. The zero-order valence-electron chi connectivity index (χ0n) is 9.32. The molecule has 1 aromatic heterocycles. The first-order valence-electron chi connectivity index (χ1n) is 4.94. The molecule has 0 radical (unpaired) electrons. The number of nitrogens with one attached hydrogen (secondary N) is 1. The number of H-pyrrole nitrogens is 1. The predicted molar refractivity (Wildman–Crippen MR) is 59.0 cm³/mol. The Bertz CT molecular complexity index is 367. The molecule has 0 spiro atoms. The number of hydrogen-bond acceptors (Lipinski definition) is 4. The van der Waals surface area contributed by atoms with Crippen LogP contribution < -0.4 is 10.5 Å². The average molecular weight is 211 g/mol. The van der Waals surface area contributed by atoms with Gasteiger partial charge in [-0.3, -0.25) is 4.79 Å². The highest BCUT2D eigenvalue weighted by Crippen LogP contribution is 2.13. The lowest BCUT2D eigenvalue weighted by atomic mass is 10.1. The van der Waals surface area contributed by atoms with Crippen molar-refractivity contribution in [1.82, 2.24) is 10.2 Å². The van der Waals surface area contributed by atoms with Crippen LogP contribution in [0.5, 0.6) is 0 Å². The van der Waals surface area contributed by atoms with E-state index in [0.717, 1.165) is 12.2 Å². The minimum Gasteiger partial charge on any atom is -0.389 e. The van der Waals surface area contributed by atoms with Gasteiger partial charge in [-0.05, 0) is 20.8 Å². The van der Waals surface area contributed by atoms with E-state index in [0.29, 0.717) is 6.54 Å². The molecule has 5 nitrogen and oxygen atoms in total. The SMILES string of the molecule is CCN(CC(C)(C)O)c1cn[nH]c(=O)c1. The van der Waals surface area contributed by atoms with Crippen LogP contribution in [0.15, 0.2) is 17.1 Å². The molecular weight excluding hydrogens is 194 g/mol. The van der Waals surface area contributed by atoms with Gasteiger partial charge in [-0.2, -0.15) is 5.10 Å². The van der Waals surface area contributed by atoms with Crippen LogP contribution in [0.1, 0.15) is 20.8 Å².